The molecule has 0 unspecified atom stereocenters. The molecule has 16 heavy (non-hydrogen) atoms. The summed E-state index contributed by atoms with van der Waals surface area (Å²) in [5.74, 6) is 0.517. The van der Waals surface area contributed by atoms with E-state index in [1.165, 1.54) is 7.11 Å². The van der Waals surface area contributed by atoms with Crippen molar-refractivity contribution in [1.82, 2.24) is 15.0 Å². The first kappa shape index (κ1) is 13.0. The topological polar surface area (TPSA) is 51.1 Å². The average molecular weight is 245 g/mol. The van der Waals surface area contributed by atoms with Gasteiger partial charge in [-0.3, -0.25) is 0 Å². The third-order valence-corrected chi connectivity index (χ3v) is 3.00. The molecule has 0 fully saturated rings. The van der Waals surface area contributed by atoms with Crippen LogP contribution in [0.15, 0.2) is 0 Å². The van der Waals surface area contributed by atoms with E-state index in [-0.39, 0.29) is 16.8 Å². The Balaban J connectivity index is 3.08. The van der Waals surface area contributed by atoms with Crippen LogP contribution in [-0.4, -0.2) is 34.6 Å². The number of aromatic nitrogens is 3. The molecule has 0 atom stereocenters. The molecule has 0 radical (unpaired) electrons. The van der Waals surface area contributed by atoms with Gasteiger partial charge >= 0.3 is 6.01 Å². The summed E-state index contributed by atoms with van der Waals surface area (Å²) >= 11 is 5.80. The minimum Gasteiger partial charge on any atom is -0.467 e. The van der Waals surface area contributed by atoms with E-state index >= 15 is 0 Å². The molecule has 0 aliphatic rings. The fourth-order valence-corrected chi connectivity index (χ4v) is 1.22. The summed E-state index contributed by atoms with van der Waals surface area (Å²) < 4.78 is 4.96. The zero-order valence-electron chi connectivity index (χ0n) is 10.3. The molecule has 0 spiro atoms. The van der Waals surface area contributed by atoms with Gasteiger partial charge in [0.2, 0.25) is 11.2 Å². The molecule has 0 saturated carbocycles. The fraction of sp³-hybridized carbons (Fsp3) is 0.700. The first-order valence-corrected chi connectivity index (χ1v) is 5.48. The summed E-state index contributed by atoms with van der Waals surface area (Å²) in [6.07, 6.45) is 0.967. The normalized spacial score (nSPS) is 11.4. The minimum absolute atomic E-state index is 0.0459. The standard InChI is InChI=1S/C10H17ClN4O/c1-6-10(2,3)15(4)8-12-7(11)13-9(14-8)16-5/h6H2,1-5H3. The second-order valence-electron chi connectivity index (χ2n) is 4.12. The molecule has 0 aliphatic heterocycles. The molecule has 0 N–H and O–H groups in total. The molecule has 1 rings (SSSR count). The van der Waals surface area contributed by atoms with Crippen LogP contribution in [0.25, 0.3) is 0 Å². The van der Waals surface area contributed by atoms with Crippen molar-refractivity contribution in [2.45, 2.75) is 32.7 Å². The molecule has 0 bridgehead atoms. The fourth-order valence-electron chi connectivity index (χ4n) is 1.07. The lowest BCUT2D eigenvalue weighted by Crippen LogP contribution is -2.41. The number of halogens is 1. The molecule has 0 saturated heterocycles. The first-order chi connectivity index (χ1) is 7.40. The van der Waals surface area contributed by atoms with Crippen molar-refractivity contribution < 1.29 is 4.74 Å². The molecule has 0 amide bonds. The van der Waals surface area contributed by atoms with Crippen LogP contribution >= 0.6 is 11.6 Å². The van der Waals surface area contributed by atoms with Gasteiger partial charge in [0, 0.05) is 12.6 Å². The van der Waals surface area contributed by atoms with E-state index in [9.17, 15) is 0 Å². The minimum atomic E-state index is -0.0459. The lowest BCUT2D eigenvalue weighted by Gasteiger charge is -2.34. The van der Waals surface area contributed by atoms with Crippen LogP contribution in [0.2, 0.25) is 5.28 Å². The maximum atomic E-state index is 5.80. The molecule has 6 heteroatoms. The Morgan fingerprint density at radius 1 is 1.31 bits per heavy atom. The van der Waals surface area contributed by atoms with Crippen LogP contribution in [0.5, 0.6) is 6.01 Å². The van der Waals surface area contributed by atoms with Crippen LogP contribution in [-0.2, 0) is 0 Å². The highest BCUT2D eigenvalue weighted by Gasteiger charge is 2.24. The summed E-state index contributed by atoms with van der Waals surface area (Å²) in [6.45, 7) is 6.32. The Labute approximate surface area is 101 Å². The van der Waals surface area contributed by atoms with Crippen LogP contribution in [0.1, 0.15) is 27.2 Å². The molecule has 0 aromatic carbocycles. The first-order valence-electron chi connectivity index (χ1n) is 5.10. The van der Waals surface area contributed by atoms with Crippen molar-refractivity contribution in [3.05, 3.63) is 5.28 Å². The van der Waals surface area contributed by atoms with E-state index < -0.39 is 0 Å². The second-order valence-corrected chi connectivity index (χ2v) is 4.45. The Hall–Kier alpha value is -1.10. The van der Waals surface area contributed by atoms with Crippen molar-refractivity contribution in [3.63, 3.8) is 0 Å². The van der Waals surface area contributed by atoms with E-state index in [0.29, 0.717) is 5.95 Å². The Morgan fingerprint density at radius 3 is 2.44 bits per heavy atom. The van der Waals surface area contributed by atoms with Crippen LogP contribution in [0.4, 0.5) is 5.95 Å². The molecule has 5 nitrogen and oxygen atoms in total. The highest BCUT2D eigenvalue weighted by atomic mass is 35.5. The SMILES string of the molecule is CCC(C)(C)N(C)c1nc(Cl)nc(OC)n1. The summed E-state index contributed by atoms with van der Waals surface area (Å²) in [5.41, 5.74) is -0.0459. The second kappa shape index (κ2) is 4.82. The maximum absolute atomic E-state index is 5.80. The van der Waals surface area contributed by atoms with E-state index in [1.807, 2.05) is 11.9 Å². The molecular formula is C10H17ClN4O. The number of nitrogens with zero attached hydrogens (tertiary/aromatic N) is 4. The number of hydrogen-bond acceptors (Lipinski definition) is 5. The number of hydrogen-bond donors (Lipinski definition) is 0. The predicted octanol–water partition coefficient (Wildman–Crippen LogP) is 2.16. The van der Waals surface area contributed by atoms with Crippen molar-refractivity contribution in [1.29, 1.82) is 0 Å². The zero-order chi connectivity index (χ0) is 12.3. The van der Waals surface area contributed by atoms with Crippen LogP contribution in [0.3, 0.4) is 0 Å². The zero-order valence-corrected chi connectivity index (χ0v) is 11.0. The van der Waals surface area contributed by atoms with E-state index in [1.54, 1.807) is 0 Å². The molecule has 90 valence electrons. The Kier molecular flexibility index (Phi) is 3.91. The van der Waals surface area contributed by atoms with Gasteiger partial charge in [0.1, 0.15) is 0 Å². The van der Waals surface area contributed by atoms with Crippen molar-refractivity contribution in [2.24, 2.45) is 0 Å². The third kappa shape index (κ3) is 2.72. The van der Waals surface area contributed by atoms with Gasteiger partial charge < -0.3 is 9.64 Å². The van der Waals surface area contributed by atoms with Gasteiger partial charge in [0.05, 0.1) is 7.11 Å². The van der Waals surface area contributed by atoms with Crippen molar-refractivity contribution in [2.75, 3.05) is 19.1 Å². The van der Waals surface area contributed by atoms with Crippen LogP contribution < -0.4 is 9.64 Å². The largest absolute Gasteiger partial charge is 0.467 e. The smallest absolute Gasteiger partial charge is 0.322 e. The number of ether oxygens (including phenoxy) is 1. The van der Waals surface area contributed by atoms with Gasteiger partial charge in [0.15, 0.2) is 0 Å². The highest BCUT2D eigenvalue weighted by Crippen LogP contribution is 2.23. The lowest BCUT2D eigenvalue weighted by atomic mass is 10.0. The Bertz CT molecular complexity index is 370. The molecule has 1 aromatic rings. The average Bonchev–Trinajstić information content (AvgIpc) is 2.27. The van der Waals surface area contributed by atoms with E-state index in [4.69, 9.17) is 16.3 Å². The molecule has 1 heterocycles. The molecular weight excluding hydrogens is 228 g/mol. The molecule has 0 aliphatic carbocycles. The summed E-state index contributed by atoms with van der Waals surface area (Å²) in [7, 11) is 3.43. The van der Waals surface area contributed by atoms with Gasteiger partial charge in [-0.05, 0) is 31.9 Å². The van der Waals surface area contributed by atoms with E-state index in [2.05, 4.69) is 35.7 Å². The Morgan fingerprint density at radius 2 is 1.94 bits per heavy atom. The number of methoxy groups -OCH3 is 1. The van der Waals surface area contributed by atoms with Gasteiger partial charge in [-0.1, -0.05) is 6.92 Å². The van der Waals surface area contributed by atoms with Gasteiger partial charge in [-0.25, -0.2) is 0 Å². The summed E-state index contributed by atoms with van der Waals surface area (Å²) in [5, 5.41) is 0.139. The third-order valence-electron chi connectivity index (χ3n) is 2.83. The molecule has 1 aromatic heterocycles. The van der Waals surface area contributed by atoms with Gasteiger partial charge in [-0.2, -0.15) is 15.0 Å². The van der Waals surface area contributed by atoms with E-state index in [0.717, 1.165) is 6.42 Å². The monoisotopic (exact) mass is 244 g/mol. The summed E-state index contributed by atoms with van der Waals surface area (Å²) in [4.78, 5) is 14.0. The van der Waals surface area contributed by atoms with Gasteiger partial charge in [-0.15, -0.1) is 0 Å². The number of rotatable bonds is 4. The maximum Gasteiger partial charge on any atom is 0.322 e. The van der Waals surface area contributed by atoms with Crippen molar-refractivity contribution >= 4 is 17.5 Å². The van der Waals surface area contributed by atoms with Crippen LogP contribution in [0, 0.1) is 0 Å². The number of anilines is 1. The lowest BCUT2D eigenvalue weighted by molar-refractivity contribution is 0.375. The predicted molar refractivity (Wildman–Crippen MR) is 64.2 cm³/mol. The van der Waals surface area contributed by atoms with Gasteiger partial charge in [0.25, 0.3) is 0 Å². The summed E-state index contributed by atoms with van der Waals surface area (Å²) in [6, 6.07) is 0.230. The van der Waals surface area contributed by atoms with Crippen molar-refractivity contribution in [3.8, 4) is 6.01 Å². The quantitative estimate of drug-likeness (QED) is 0.813. The highest BCUT2D eigenvalue weighted by molar-refractivity contribution is 6.28.